The quantitative estimate of drug-likeness (QED) is 0.610. The third-order valence-corrected chi connectivity index (χ3v) is 3.67. The zero-order chi connectivity index (χ0) is 13.3. The Morgan fingerprint density at radius 2 is 2.17 bits per heavy atom. The van der Waals surface area contributed by atoms with Crippen LogP contribution >= 0.6 is 11.8 Å². The number of carbonyl (C=O) groups excluding carboxylic acids is 1. The molecular weight excluding hydrogens is 250 g/mol. The summed E-state index contributed by atoms with van der Waals surface area (Å²) in [7, 11) is 5.33. The molecule has 0 aliphatic heterocycles. The maximum absolute atomic E-state index is 11.8. The van der Waals surface area contributed by atoms with Crippen LogP contribution in [0.5, 0.6) is 0 Å². The largest absolute Gasteiger partial charge is 0.348 e. The van der Waals surface area contributed by atoms with Crippen molar-refractivity contribution in [1.82, 2.24) is 24.6 Å². The molecule has 0 spiro atoms. The van der Waals surface area contributed by atoms with Crippen LogP contribution in [0.4, 0.5) is 0 Å². The van der Waals surface area contributed by atoms with E-state index in [9.17, 15) is 4.79 Å². The Bertz CT molecular complexity index is 580. The number of hydrogen-bond acceptors (Lipinski definition) is 5. The summed E-state index contributed by atoms with van der Waals surface area (Å²) in [5, 5.41) is 5.63. The maximum Gasteiger partial charge on any atom is 0.235 e. The summed E-state index contributed by atoms with van der Waals surface area (Å²) in [6.07, 6.45) is 3.23. The molecule has 0 aliphatic rings. The van der Waals surface area contributed by atoms with Crippen LogP contribution < -0.4 is 0 Å². The number of rotatable bonds is 3. The van der Waals surface area contributed by atoms with Crippen molar-refractivity contribution in [3.8, 4) is 0 Å². The van der Waals surface area contributed by atoms with Crippen molar-refractivity contribution in [2.45, 2.75) is 17.2 Å². The van der Waals surface area contributed by atoms with Crippen molar-refractivity contribution in [1.29, 1.82) is 0 Å². The van der Waals surface area contributed by atoms with Gasteiger partial charge in [-0.05, 0) is 6.92 Å². The first kappa shape index (κ1) is 12.8. The molecule has 7 heteroatoms. The average Bonchev–Trinajstić information content (AvgIpc) is 2.71. The number of amides is 1. The molecule has 2 aromatic rings. The van der Waals surface area contributed by atoms with Crippen LogP contribution in [0.3, 0.4) is 0 Å². The molecule has 2 heterocycles. The van der Waals surface area contributed by atoms with Gasteiger partial charge < -0.3 is 4.90 Å². The first-order valence-corrected chi connectivity index (χ1v) is 6.39. The Balaban J connectivity index is 2.29. The van der Waals surface area contributed by atoms with E-state index in [4.69, 9.17) is 0 Å². The molecule has 0 saturated heterocycles. The molecule has 2 aromatic heterocycles. The second kappa shape index (κ2) is 4.93. The van der Waals surface area contributed by atoms with Crippen molar-refractivity contribution in [2.75, 3.05) is 14.1 Å². The highest BCUT2D eigenvalue weighted by Gasteiger charge is 2.19. The molecule has 6 nitrogen and oxygen atoms in total. The lowest BCUT2D eigenvalue weighted by molar-refractivity contribution is -0.127. The van der Waals surface area contributed by atoms with E-state index in [2.05, 4.69) is 15.1 Å². The van der Waals surface area contributed by atoms with E-state index in [1.807, 2.05) is 14.0 Å². The third kappa shape index (κ3) is 2.31. The molecule has 1 amide bonds. The summed E-state index contributed by atoms with van der Waals surface area (Å²) in [6, 6.07) is 0. The van der Waals surface area contributed by atoms with Gasteiger partial charge in [0.2, 0.25) is 5.91 Å². The van der Waals surface area contributed by atoms with Gasteiger partial charge in [-0.25, -0.2) is 9.97 Å². The Labute approximate surface area is 109 Å². The fourth-order valence-corrected chi connectivity index (χ4v) is 2.64. The maximum atomic E-state index is 11.8. The molecular formula is C11H15N5OS. The van der Waals surface area contributed by atoms with Crippen molar-refractivity contribution < 1.29 is 4.79 Å². The van der Waals surface area contributed by atoms with E-state index in [0.717, 1.165) is 16.1 Å². The van der Waals surface area contributed by atoms with Gasteiger partial charge in [-0.1, -0.05) is 11.8 Å². The summed E-state index contributed by atoms with van der Waals surface area (Å²) in [6.45, 7) is 1.87. The molecule has 0 aliphatic carbocycles. The molecule has 0 radical (unpaired) electrons. The Hall–Kier alpha value is -1.63. The van der Waals surface area contributed by atoms with Gasteiger partial charge in [0.1, 0.15) is 11.4 Å². The number of aromatic nitrogens is 4. The van der Waals surface area contributed by atoms with E-state index >= 15 is 0 Å². The molecule has 96 valence electrons. The fraction of sp³-hybridized carbons (Fsp3) is 0.455. The number of fused-ring (bicyclic) bond motifs is 1. The molecule has 0 fully saturated rings. The first-order chi connectivity index (χ1) is 8.50. The van der Waals surface area contributed by atoms with Crippen LogP contribution in [0.2, 0.25) is 0 Å². The van der Waals surface area contributed by atoms with Crippen LogP contribution in [0.25, 0.3) is 11.0 Å². The summed E-state index contributed by atoms with van der Waals surface area (Å²) in [4.78, 5) is 21.8. The summed E-state index contributed by atoms with van der Waals surface area (Å²) >= 11 is 1.43. The topological polar surface area (TPSA) is 63.9 Å². The lowest BCUT2D eigenvalue weighted by Gasteiger charge is -2.15. The van der Waals surface area contributed by atoms with Crippen molar-refractivity contribution in [3.05, 3.63) is 12.5 Å². The zero-order valence-corrected chi connectivity index (χ0v) is 11.6. The molecule has 0 bridgehead atoms. The van der Waals surface area contributed by atoms with Crippen LogP contribution in [-0.2, 0) is 11.8 Å². The Morgan fingerprint density at radius 1 is 1.44 bits per heavy atom. The number of carbonyl (C=O) groups is 1. The first-order valence-electron chi connectivity index (χ1n) is 5.51. The fourth-order valence-electron chi connectivity index (χ4n) is 1.62. The minimum Gasteiger partial charge on any atom is -0.348 e. The number of thioether (sulfide) groups is 1. The van der Waals surface area contributed by atoms with Gasteiger partial charge in [-0.2, -0.15) is 5.10 Å². The van der Waals surface area contributed by atoms with Gasteiger partial charge in [0.25, 0.3) is 0 Å². The van der Waals surface area contributed by atoms with Gasteiger partial charge in [-0.3, -0.25) is 9.48 Å². The molecule has 0 saturated carbocycles. The van der Waals surface area contributed by atoms with E-state index in [1.165, 1.54) is 18.1 Å². The number of aryl methyl sites for hydroxylation is 1. The highest BCUT2D eigenvalue weighted by molar-refractivity contribution is 8.00. The minimum atomic E-state index is -0.182. The van der Waals surface area contributed by atoms with Gasteiger partial charge in [0, 0.05) is 21.1 Å². The Kier molecular flexibility index (Phi) is 3.51. The van der Waals surface area contributed by atoms with E-state index in [1.54, 1.807) is 29.9 Å². The monoisotopic (exact) mass is 265 g/mol. The predicted octanol–water partition coefficient (Wildman–Crippen LogP) is 0.932. The molecule has 2 rings (SSSR count). The van der Waals surface area contributed by atoms with E-state index < -0.39 is 0 Å². The molecule has 0 N–H and O–H groups in total. The smallest absolute Gasteiger partial charge is 0.235 e. The lowest BCUT2D eigenvalue weighted by Crippen LogP contribution is -2.29. The molecule has 18 heavy (non-hydrogen) atoms. The zero-order valence-electron chi connectivity index (χ0n) is 10.8. The standard InChI is InChI=1S/C11H15N5OS/c1-7(11(17)15(2)3)18-10-8-5-14-16(4)9(8)12-6-13-10/h5-7H,1-4H3. The summed E-state index contributed by atoms with van der Waals surface area (Å²) in [5.74, 6) is 0.0654. The molecule has 0 aromatic carbocycles. The highest BCUT2D eigenvalue weighted by Crippen LogP contribution is 2.27. The van der Waals surface area contributed by atoms with Crippen LogP contribution in [0.15, 0.2) is 17.6 Å². The van der Waals surface area contributed by atoms with Crippen LogP contribution in [0.1, 0.15) is 6.92 Å². The summed E-state index contributed by atoms with van der Waals surface area (Å²) in [5.41, 5.74) is 0.775. The SMILES string of the molecule is CC(Sc1ncnc2c1cnn2C)C(=O)N(C)C. The number of nitrogens with zero attached hydrogens (tertiary/aromatic N) is 5. The Morgan fingerprint density at radius 3 is 2.83 bits per heavy atom. The number of hydrogen-bond donors (Lipinski definition) is 0. The van der Waals surface area contributed by atoms with Gasteiger partial charge in [-0.15, -0.1) is 0 Å². The molecule has 1 atom stereocenters. The lowest BCUT2D eigenvalue weighted by atomic mass is 10.4. The van der Waals surface area contributed by atoms with Gasteiger partial charge >= 0.3 is 0 Å². The van der Waals surface area contributed by atoms with Crippen LogP contribution in [0, 0.1) is 0 Å². The van der Waals surface area contributed by atoms with Gasteiger partial charge in [0.05, 0.1) is 16.8 Å². The van der Waals surface area contributed by atoms with Crippen molar-refractivity contribution in [2.24, 2.45) is 7.05 Å². The van der Waals surface area contributed by atoms with Crippen molar-refractivity contribution in [3.63, 3.8) is 0 Å². The van der Waals surface area contributed by atoms with E-state index in [0.29, 0.717) is 0 Å². The highest BCUT2D eigenvalue weighted by atomic mass is 32.2. The predicted molar refractivity (Wildman–Crippen MR) is 70.3 cm³/mol. The summed E-state index contributed by atoms with van der Waals surface area (Å²) < 4.78 is 1.69. The van der Waals surface area contributed by atoms with E-state index in [-0.39, 0.29) is 11.2 Å². The van der Waals surface area contributed by atoms with Crippen molar-refractivity contribution >= 4 is 28.7 Å². The third-order valence-electron chi connectivity index (χ3n) is 2.57. The minimum absolute atomic E-state index is 0.0654. The van der Waals surface area contributed by atoms with Gasteiger partial charge in [0.15, 0.2) is 5.65 Å². The second-order valence-corrected chi connectivity index (χ2v) is 5.51. The second-order valence-electron chi connectivity index (χ2n) is 4.18. The average molecular weight is 265 g/mol. The van der Waals surface area contributed by atoms with Crippen LogP contribution in [-0.4, -0.2) is 49.9 Å². The normalized spacial score (nSPS) is 12.7. The molecule has 1 unspecified atom stereocenters.